The van der Waals surface area contributed by atoms with Gasteiger partial charge in [-0.3, -0.25) is 19.8 Å². The predicted octanol–water partition coefficient (Wildman–Crippen LogP) is 2.56. The summed E-state index contributed by atoms with van der Waals surface area (Å²) < 4.78 is 11.0. The number of rotatable bonds is 7. The Bertz CT molecular complexity index is 873. The molecule has 0 unspecified atom stereocenters. The number of halogens is 1. The molecule has 0 saturated carbocycles. The van der Waals surface area contributed by atoms with Crippen LogP contribution >= 0.6 is 23.8 Å². The zero-order valence-electron chi connectivity index (χ0n) is 14.6. The number of terminal acetylenes is 1. The van der Waals surface area contributed by atoms with Crippen LogP contribution in [0.25, 0.3) is 6.08 Å². The van der Waals surface area contributed by atoms with Gasteiger partial charge in [0, 0.05) is 6.54 Å². The summed E-state index contributed by atoms with van der Waals surface area (Å²) in [5, 5.41) is 2.76. The zero-order valence-corrected chi connectivity index (χ0v) is 16.2. The average molecular weight is 405 g/mol. The highest BCUT2D eigenvalue weighted by Gasteiger charge is 2.32. The average Bonchev–Trinajstić information content (AvgIpc) is 2.62. The Balaban J connectivity index is 2.46. The maximum atomic E-state index is 12.6. The number of nitrogens with zero attached hydrogens (tertiary/aromatic N) is 1. The van der Waals surface area contributed by atoms with Crippen LogP contribution in [0.4, 0.5) is 0 Å². The number of ether oxygens (including phenoxy) is 2. The first-order valence-electron chi connectivity index (χ1n) is 7.95. The molecule has 0 aromatic heterocycles. The van der Waals surface area contributed by atoms with E-state index in [1.807, 2.05) is 0 Å². The van der Waals surface area contributed by atoms with Crippen molar-refractivity contribution >= 4 is 46.8 Å². The Kier molecular flexibility index (Phi) is 6.99. The van der Waals surface area contributed by atoms with E-state index < -0.39 is 11.8 Å². The number of benzene rings is 1. The summed E-state index contributed by atoms with van der Waals surface area (Å²) in [6.07, 6.45) is 8.14. The second-order valence-corrected chi connectivity index (χ2v) is 6.07. The van der Waals surface area contributed by atoms with E-state index in [0.717, 1.165) is 0 Å². The third kappa shape index (κ3) is 4.67. The van der Waals surface area contributed by atoms with Gasteiger partial charge in [0.15, 0.2) is 16.6 Å². The van der Waals surface area contributed by atoms with E-state index in [-0.39, 0.29) is 28.9 Å². The van der Waals surface area contributed by atoms with Crippen molar-refractivity contribution in [1.82, 2.24) is 10.2 Å². The minimum Gasteiger partial charge on any atom is -0.490 e. The Hall–Kier alpha value is -2.82. The quantitative estimate of drug-likeness (QED) is 0.249. The van der Waals surface area contributed by atoms with E-state index >= 15 is 0 Å². The molecular weight excluding hydrogens is 388 g/mol. The van der Waals surface area contributed by atoms with Crippen LogP contribution < -0.4 is 14.8 Å². The lowest BCUT2D eigenvalue weighted by Gasteiger charge is -2.27. The summed E-state index contributed by atoms with van der Waals surface area (Å²) in [6, 6.07) is 3.16. The van der Waals surface area contributed by atoms with Crippen LogP contribution in [0.15, 0.2) is 30.4 Å². The lowest BCUT2D eigenvalue weighted by molar-refractivity contribution is -0.128. The fraction of sp³-hybridized carbons (Fsp3) is 0.211. The maximum Gasteiger partial charge on any atom is 0.265 e. The molecule has 0 radical (unpaired) electrons. The van der Waals surface area contributed by atoms with Crippen molar-refractivity contribution in [3.63, 3.8) is 0 Å². The number of carbonyl (C=O) groups excluding carboxylic acids is 2. The highest BCUT2D eigenvalue weighted by molar-refractivity contribution is 7.80. The van der Waals surface area contributed by atoms with Crippen molar-refractivity contribution in [3.8, 4) is 23.8 Å². The van der Waals surface area contributed by atoms with Crippen molar-refractivity contribution in [3.05, 3.63) is 40.9 Å². The summed E-state index contributed by atoms with van der Waals surface area (Å²) in [5.41, 5.74) is 0.405. The van der Waals surface area contributed by atoms with Gasteiger partial charge in [0.05, 0.1) is 11.6 Å². The first-order valence-corrected chi connectivity index (χ1v) is 8.73. The smallest absolute Gasteiger partial charge is 0.265 e. The molecule has 27 heavy (non-hydrogen) atoms. The van der Waals surface area contributed by atoms with E-state index in [2.05, 4.69) is 17.8 Å². The van der Waals surface area contributed by atoms with Crippen LogP contribution in [0.3, 0.4) is 0 Å². The second kappa shape index (κ2) is 9.21. The van der Waals surface area contributed by atoms with Gasteiger partial charge >= 0.3 is 0 Å². The molecule has 0 aliphatic carbocycles. The Labute approximate surface area is 167 Å². The normalized spacial score (nSPS) is 15.4. The second-order valence-electron chi connectivity index (χ2n) is 5.28. The van der Waals surface area contributed by atoms with Crippen molar-refractivity contribution in [1.29, 1.82) is 0 Å². The van der Waals surface area contributed by atoms with E-state index in [0.29, 0.717) is 23.7 Å². The van der Waals surface area contributed by atoms with E-state index in [1.54, 1.807) is 19.1 Å². The third-order valence-electron chi connectivity index (χ3n) is 3.44. The topological polar surface area (TPSA) is 67.9 Å². The lowest BCUT2D eigenvalue weighted by atomic mass is 10.1. The standard InChI is InChI=1S/C19H17ClN2O4S/c1-4-7-22-18(24)13(17(23)21-19(22)27)9-12-10-14(20)16(26-8-5-2)15(11-12)25-6-3/h2,4,9-11H,1,6-8H2,3H3,(H,21,23,27)/b13-9+. The Morgan fingerprint density at radius 3 is 2.78 bits per heavy atom. The monoisotopic (exact) mass is 404 g/mol. The maximum absolute atomic E-state index is 12.6. The van der Waals surface area contributed by atoms with Crippen molar-refractivity contribution < 1.29 is 19.1 Å². The van der Waals surface area contributed by atoms with Crippen molar-refractivity contribution in [2.24, 2.45) is 0 Å². The number of nitrogens with one attached hydrogen (secondary N) is 1. The van der Waals surface area contributed by atoms with Crippen LogP contribution in [0.1, 0.15) is 12.5 Å². The first kappa shape index (κ1) is 20.5. The van der Waals surface area contributed by atoms with Crippen LogP contribution in [0.5, 0.6) is 11.5 Å². The van der Waals surface area contributed by atoms with Crippen LogP contribution in [0, 0.1) is 12.3 Å². The molecular formula is C19H17ClN2O4S. The van der Waals surface area contributed by atoms with Gasteiger partial charge in [-0.05, 0) is 42.9 Å². The highest BCUT2D eigenvalue weighted by Crippen LogP contribution is 2.37. The molecule has 1 aromatic carbocycles. The van der Waals surface area contributed by atoms with Crippen LogP contribution in [0.2, 0.25) is 5.02 Å². The molecule has 6 nitrogen and oxygen atoms in total. The largest absolute Gasteiger partial charge is 0.490 e. The summed E-state index contributed by atoms with van der Waals surface area (Å²) >= 11 is 11.3. The summed E-state index contributed by atoms with van der Waals surface area (Å²) in [6.45, 7) is 5.95. The Morgan fingerprint density at radius 2 is 2.15 bits per heavy atom. The van der Waals surface area contributed by atoms with Gasteiger partial charge < -0.3 is 9.47 Å². The van der Waals surface area contributed by atoms with Gasteiger partial charge in [-0.15, -0.1) is 13.0 Å². The number of thiocarbonyl (C=S) groups is 1. The molecule has 1 aliphatic rings. The number of hydrogen-bond donors (Lipinski definition) is 1. The van der Waals surface area contributed by atoms with Gasteiger partial charge in [0.25, 0.3) is 11.8 Å². The zero-order chi connectivity index (χ0) is 20.0. The van der Waals surface area contributed by atoms with Gasteiger partial charge in [-0.2, -0.15) is 0 Å². The predicted molar refractivity (Wildman–Crippen MR) is 108 cm³/mol. The molecule has 1 heterocycles. The molecule has 0 bridgehead atoms. The number of carbonyl (C=O) groups is 2. The minimum atomic E-state index is -0.591. The summed E-state index contributed by atoms with van der Waals surface area (Å²) in [5.74, 6) is 1.89. The van der Waals surface area contributed by atoms with Crippen LogP contribution in [-0.2, 0) is 9.59 Å². The molecule has 2 rings (SSSR count). The van der Waals surface area contributed by atoms with E-state index in [9.17, 15) is 9.59 Å². The lowest BCUT2D eigenvalue weighted by Crippen LogP contribution is -2.53. The molecule has 8 heteroatoms. The van der Waals surface area contributed by atoms with Gasteiger partial charge in [-0.25, -0.2) is 0 Å². The third-order valence-corrected chi connectivity index (χ3v) is 4.04. The molecule has 2 amide bonds. The van der Waals surface area contributed by atoms with Crippen molar-refractivity contribution in [2.75, 3.05) is 19.8 Å². The van der Waals surface area contributed by atoms with Gasteiger partial charge in [0.2, 0.25) is 0 Å². The number of amides is 2. The highest BCUT2D eigenvalue weighted by atomic mass is 35.5. The fourth-order valence-corrected chi connectivity index (χ4v) is 2.87. The van der Waals surface area contributed by atoms with Crippen LogP contribution in [-0.4, -0.2) is 41.6 Å². The molecule has 0 spiro atoms. The first-order chi connectivity index (χ1) is 12.9. The number of hydrogen-bond acceptors (Lipinski definition) is 5. The molecule has 0 atom stereocenters. The molecule has 1 fully saturated rings. The van der Waals surface area contributed by atoms with Crippen molar-refractivity contribution in [2.45, 2.75) is 6.92 Å². The summed E-state index contributed by atoms with van der Waals surface area (Å²) in [7, 11) is 0. The van der Waals surface area contributed by atoms with E-state index in [1.165, 1.54) is 17.1 Å². The molecule has 140 valence electrons. The molecule has 1 aromatic rings. The van der Waals surface area contributed by atoms with E-state index in [4.69, 9.17) is 39.7 Å². The van der Waals surface area contributed by atoms with Gasteiger partial charge in [0.1, 0.15) is 12.2 Å². The van der Waals surface area contributed by atoms with Gasteiger partial charge in [-0.1, -0.05) is 23.6 Å². The molecule has 1 aliphatic heterocycles. The fourth-order valence-electron chi connectivity index (χ4n) is 2.34. The molecule has 1 saturated heterocycles. The minimum absolute atomic E-state index is 0.0229. The molecule has 1 N–H and O–H groups in total. The SMILES string of the molecule is C#CCOc1c(Cl)cc(/C=C2\C(=O)NC(=S)N(CC=C)C2=O)cc1OCC. The summed E-state index contributed by atoms with van der Waals surface area (Å²) in [4.78, 5) is 26.1. The Morgan fingerprint density at radius 1 is 1.41 bits per heavy atom.